The molecular formula is C13H18N2. The van der Waals surface area contributed by atoms with Crippen LogP contribution in [-0.4, -0.2) is 24.5 Å². The third-order valence-electron chi connectivity index (χ3n) is 2.97. The van der Waals surface area contributed by atoms with Crippen molar-refractivity contribution in [3.05, 3.63) is 35.9 Å². The van der Waals surface area contributed by atoms with Crippen molar-refractivity contribution in [2.75, 3.05) is 14.1 Å². The molecule has 0 aliphatic heterocycles. The molecule has 0 aliphatic rings. The minimum atomic E-state index is -0.365. The molecule has 0 fully saturated rings. The van der Waals surface area contributed by atoms with Gasteiger partial charge in [-0.25, -0.2) is 0 Å². The second kappa shape index (κ2) is 4.95. The molecule has 0 heterocycles. The average molecular weight is 202 g/mol. The van der Waals surface area contributed by atoms with E-state index in [1.54, 1.807) is 0 Å². The molecule has 1 atom stereocenters. The van der Waals surface area contributed by atoms with Crippen LogP contribution in [0.4, 0.5) is 0 Å². The topological polar surface area (TPSA) is 27.0 Å². The van der Waals surface area contributed by atoms with Crippen LogP contribution >= 0.6 is 0 Å². The second-order valence-corrected chi connectivity index (χ2v) is 4.27. The fraction of sp³-hybridized carbons (Fsp3) is 0.462. The van der Waals surface area contributed by atoms with Gasteiger partial charge >= 0.3 is 0 Å². The highest BCUT2D eigenvalue weighted by atomic mass is 15.1. The first-order valence-electron chi connectivity index (χ1n) is 5.21. The van der Waals surface area contributed by atoms with E-state index in [1.165, 1.54) is 5.56 Å². The van der Waals surface area contributed by atoms with Gasteiger partial charge in [0.1, 0.15) is 5.54 Å². The molecule has 0 radical (unpaired) electrons. The molecule has 1 aromatic carbocycles. The van der Waals surface area contributed by atoms with Crippen LogP contribution < -0.4 is 0 Å². The van der Waals surface area contributed by atoms with Gasteiger partial charge in [-0.15, -0.1) is 0 Å². The number of hydrogen-bond acceptors (Lipinski definition) is 2. The molecule has 0 aromatic heterocycles. The molecule has 1 aromatic rings. The zero-order chi connectivity index (χ0) is 11.3. The van der Waals surface area contributed by atoms with E-state index in [-0.39, 0.29) is 5.54 Å². The van der Waals surface area contributed by atoms with E-state index >= 15 is 0 Å². The van der Waals surface area contributed by atoms with E-state index in [0.717, 1.165) is 12.8 Å². The fourth-order valence-corrected chi connectivity index (χ4v) is 1.41. The normalized spacial score (nSPS) is 14.6. The monoisotopic (exact) mass is 202 g/mol. The first-order valence-corrected chi connectivity index (χ1v) is 5.21. The Hall–Kier alpha value is -1.33. The highest BCUT2D eigenvalue weighted by Gasteiger charge is 2.25. The third-order valence-corrected chi connectivity index (χ3v) is 2.97. The van der Waals surface area contributed by atoms with E-state index in [2.05, 4.69) is 18.2 Å². The van der Waals surface area contributed by atoms with Gasteiger partial charge in [0.05, 0.1) is 6.07 Å². The van der Waals surface area contributed by atoms with Gasteiger partial charge in [-0.1, -0.05) is 30.3 Å². The Morgan fingerprint density at radius 1 is 1.27 bits per heavy atom. The number of nitriles is 1. The quantitative estimate of drug-likeness (QED) is 0.750. The molecule has 0 amide bonds. The molecule has 2 nitrogen and oxygen atoms in total. The molecule has 0 bridgehead atoms. The summed E-state index contributed by atoms with van der Waals surface area (Å²) in [5, 5.41) is 9.14. The van der Waals surface area contributed by atoms with Gasteiger partial charge in [0.15, 0.2) is 0 Å². The van der Waals surface area contributed by atoms with Crippen LogP contribution in [0.1, 0.15) is 18.9 Å². The van der Waals surface area contributed by atoms with Gasteiger partial charge in [0.25, 0.3) is 0 Å². The minimum absolute atomic E-state index is 0.365. The summed E-state index contributed by atoms with van der Waals surface area (Å²) in [5.74, 6) is 0. The third kappa shape index (κ3) is 3.07. The van der Waals surface area contributed by atoms with Crippen molar-refractivity contribution in [3.8, 4) is 6.07 Å². The van der Waals surface area contributed by atoms with Gasteiger partial charge in [-0.3, -0.25) is 4.90 Å². The van der Waals surface area contributed by atoms with E-state index in [0.29, 0.717) is 0 Å². The van der Waals surface area contributed by atoms with E-state index < -0.39 is 0 Å². The standard InChI is InChI=1S/C13H18N2/c1-13(11-14,15(2)3)10-9-12-7-5-4-6-8-12/h4-8H,9-10H2,1-3H3. The minimum Gasteiger partial charge on any atom is -0.292 e. The number of hydrogen-bond donors (Lipinski definition) is 0. The largest absolute Gasteiger partial charge is 0.292 e. The molecule has 0 saturated carbocycles. The summed E-state index contributed by atoms with van der Waals surface area (Å²) >= 11 is 0. The molecular weight excluding hydrogens is 184 g/mol. The molecule has 1 rings (SSSR count). The molecule has 0 saturated heterocycles. The summed E-state index contributed by atoms with van der Waals surface area (Å²) < 4.78 is 0. The van der Waals surface area contributed by atoms with Gasteiger partial charge in [0, 0.05) is 0 Å². The molecule has 15 heavy (non-hydrogen) atoms. The lowest BCUT2D eigenvalue weighted by Gasteiger charge is -2.29. The van der Waals surface area contributed by atoms with Gasteiger partial charge < -0.3 is 0 Å². The Morgan fingerprint density at radius 2 is 1.87 bits per heavy atom. The van der Waals surface area contributed by atoms with Crippen molar-refractivity contribution in [1.82, 2.24) is 4.90 Å². The summed E-state index contributed by atoms with van der Waals surface area (Å²) in [7, 11) is 3.91. The van der Waals surface area contributed by atoms with Crippen LogP contribution in [0.5, 0.6) is 0 Å². The van der Waals surface area contributed by atoms with Crippen LogP contribution in [0, 0.1) is 11.3 Å². The lowest BCUT2D eigenvalue weighted by atomic mass is 9.94. The second-order valence-electron chi connectivity index (χ2n) is 4.27. The lowest BCUT2D eigenvalue weighted by molar-refractivity contribution is 0.224. The summed E-state index contributed by atoms with van der Waals surface area (Å²) in [6.07, 6.45) is 1.81. The van der Waals surface area contributed by atoms with E-state index in [1.807, 2.05) is 44.1 Å². The molecule has 0 spiro atoms. The van der Waals surface area contributed by atoms with Crippen molar-refractivity contribution in [2.24, 2.45) is 0 Å². The van der Waals surface area contributed by atoms with Crippen molar-refractivity contribution in [2.45, 2.75) is 25.3 Å². The Balaban J connectivity index is 2.61. The maximum Gasteiger partial charge on any atom is 0.106 e. The fourth-order valence-electron chi connectivity index (χ4n) is 1.41. The Bertz CT molecular complexity index is 337. The summed E-state index contributed by atoms with van der Waals surface area (Å²) in [6.45, 7) is 1.98. The summed E-state index contributed by atoms with van der Waals surface area (Å²) in [4.78, 5) is 1.98. The van der Waals surface area contributed by atoms with Crippen molar-refractivity contribution in [1.29, 1.82) is 5.26 Å². The van der Waals surface area contributed by atoms with Crippen LogP contribution in [-0.2, 0) is 6.42 Å². The van der Waals surface area contributed by atoms with E-state index in [9.17, 15) is 0 Å². The summed E-state index contributed by atoms with van der Waals surface area (Å²) in [6, 6.07) is 12.7. The number of rotatable bonds is 4. The van der Waals surface area contributed by atoms with Gasteiger partial charge in [-0.05, 0) is 39.4 Å². The first-order chi connectivity index (χ1) is 7.08. The summed E-state index contributed by atoms with van der Waals surface area (Å²) in [5.41, 5.74) is 0.927. The van der Waals surface area contributed by atoms with Crippen molar-refractivity contribution in [3.63, 3.8) is 0 Å². The van der Waals surface area contributed by atoms with Crippen LogP contribution in [0.15, 0.2) is 30.3 Å². The first kappa shape index (κ1) is 11.7. The predicted molar refractivity (Wildman–Crippen MR) is 62.5 cm³/mol. The number of aryl methyl sites for hydroxylation is 1. The van der Waals surface area contributed by atoms with Gasteiger partial charge in [-0.2, -0.15) is 5.26 Å². The Labute approximate surface area is 92.1 Å². The predicted octanol–water partition coefficient (Wildman–Crippen LogP) is 2.46. The zero-order valence-electron chi connectivity index (χ0n) is 9.70. The maximum atomic E-state index is 9.14. The molecule has 0 N–H and O–H groups in total. The Morgan fingerprint density at radius 3 is 2.33 bits per heavy atom. The van der Waals surface area contributed by atoms with E-state index in [4.69, 9.17) is 5.26 Å². The van der Waals surface area contributed by atoms with Crippen LogP contribution in [0.2, 0.25) is 0 Å². The zero-order valence-corrected chi connectivity index (χ0v) is 9.70. The Kier molecular flexibility index (Phi) is 3.88. The maximum absolute atomic E-state index is 9.14. The average Bonchev–Trinajstić information content (AvgIpc) is 2.27. The highest BCUT2D eigenvalue weighted by Crippen LogP contribution is 2.18. The highest BCUT2D eigenvalue weighted by molar-refractivity contribution is 5.16. The van der Waals surface area contributed by atoms with Gasteiger partial charge in [0.2, 0.25) is 0 Å². The molecule has 80 valence electrons. The van der Waals surface area contributed by atoms with Crippen LogP contribution in [0.3, 0.4) is 0 Å². The smallest absolute Gasteiger partial charge is 0.106 e. The van der Waals surface area contributed by atoms with Crippen LogP contribution in [0.25, 0.3) is 0 Å². The van der Waals surface area contributed by atoms with Crippen molar-refractivity contribution < 1.29 is 0 Å². The van der Waals surface area contributed by atoms with Crippen molar-refractivity contribution >= 4 is 0 Å². The number of nitrogens with zero attached hydrogens (tertiary/aromatic N) is 2. The molecule has 1 unspecified atom stereocenters. The number of benzene rings is 1. The molecule has 0 aliphatic carbocycles. The lowest BCUT2D eigenvalue weighted by Crippen LogP contribution is -2.40. The molecule has 2 heteroatoms. The SMILES string of the molecule is CN(C)C(C)(C#N)CCc1ccccc1.